The van der Waals surface area contributed by atoms with Crippen molar-refractivity contribution in [2.75, 3.05) is 6.54 Å². The molecule has 136 valence electrons. The Hall–Kier alpha value is -2.29. The van der Waals surface area contributed by atoms with Crippen LogP contribution in [0.3, 0.4) is 0 Å². The molecular formula is C17H15ClFN3O3S. The first-order valence-corrected chi connectivity index (χ1v) is 9.75. The van der Waals surface area contributed by atoms with Crippen LogP contribution in [-0.4, -0.2) is 25.1 Å². The number of nitrogens with one attached hydrogen (secondary N) is 1. The van der Waals surface area contributed by atoms with Gasteiger partial charge in [-0.15, -0.1) is 0 Å². The van der Waals surface area contributed by atoms with Crippen LogP contribution in [0.5, 0.6) is 0 Å². The van der Waals surface area contributed by atoms with E-state index in [1.165, 1.54) is 24.3 Å². The van der Waals surface area contributed by atoms with Gasteiger partial charge in [0, 0.05) is 18.5 Å². The van der Waals surface area contributed by atoms with Gasteiger partial charge in [-0.1, -0.05) is 41.0 Å². The summed E-state index contributed by atoms with van der Waals surface area (Å²) in [6.07, 6.45) is 0.236. The zero-order valence-corrected chi connectivity index (χ0v) is 15.1. The van der Waals surface area contributed by atoms with Crippen molar-refractivity contribution in [1.82, 2.24) is 14.9 Å². The molecule has 0 atom stereocenters. The molecule has 0 amide bonds. The number of hydrogen-bond donors (Lipinski definition) is 1. The van der Waals surface area contributed by atoms with E-state index in [0.29, 0.717) is 27.9 Å². The fraction of sp³-hybridized carbons (Fsp3) is 0.176. The standard InChI is InChI=1S/C17H15ClFN3O3S/c18-15-4-2-1-3-14(15)17-21-16(25-22-17)9-10-20-26(23,24)11-12-5-7-13(19)8-6-12/h1-8,20H,9-11H2. The van der Waals surface area contributed by atoms with E-state index in [1.54, 1.807) is 24.3 Å². The zero-order valence-electron chi connectivity index (χ0n) is 13.5. The molecule has 0 saturated carbocycles. The first kappa shape index (κ1) is 18.5. The SMILES string of the molecule is O=S(=O)(Cc1ccc(F)cc1)NCCc1nc(-c2ccccc2Cl)no1. The largest absolute Gasteiger partial charge is 0.339 e. The molecule has 3 aromatic rings. The molecule has 3 rings (SSSR count). The highest BCUT2D eigenvalue weighted by Crippen LogP contribution is 2.24. The van der Waals surface area contributed by atoms with E-state index >= 15 is 0 Å². The van der Waals surface area contributed by atoms with Gasteiger partial charge in [-0.25, -0.2) is 17.5 Å². The minimum absolute atomic E-state index is 0.105. The van der Waals surface area contributed by atoms with Crippen molar-refractivity contribution in [1.29, 1.82) is 0 Å². The molecule has 1 heterocycles. The highest BCUT2D eigenvalue weighted by molar-refractivity contribution is 7.88. The summed E-state index contributed by atoms with van der Waals surface area (Å²) in [5.41, 5.74) is 1.14. The van der Waals surface area contributed by atoms with Crippen molar-refractivity contribution in [3.8, 4) is 11.4 Å². The number of hydrogen-bond acceptors (Lipinski definition) is 5. The molecule has 0 unspecified atom stereocenters. The lowest BCUT2D eigenvalue weighted by atomic mass is 10.2. The summed E-state index contributed by atoms with van der Waals surface area (Å²) in [5, 5.41) is 4.35. The third-order valence-electron chi connectivity index (χ3n) is 3.51. The van der Waals surface area contributed by atoms with Gasteiger partial charge in [0.25, 0.3) is 0 Å². The minimum Gasteiger partial charge on any atom is -0.339 e. The van der Waals surface area contributed by atoms with Gasteiger partial charge in [-0.05, 0) is 29.8 Å². The molecule has 26 heavy (non-hydrogen) atoms. The maximum atomic E-state index is 12.9. The maximum Gasteiger partial charge on any atom is 0.228 e. The first-order chi connectivity index (χ1) is 12.4. The Morgan fingerprint density at radius 2 is 1.85 bits per heavy atom. The molecule has 9 heteroatoms. The Bertz CT molecular complexity index is 990. The minimum atomic E-state index is -3.55. The van der Waals surface area contributed by atoms with Crippen molar-refractivity contribution >= 4 is 21.6 Å². The fourth-order valence-electron chi connectivity index (χ4n) is 2.27. The molecule has 0 aliphatic carbocycles. The number of rotatable bonds is 7. The lowest BCUT2D eigenvalue weighted by molar-refractivity contribution is 0.379. The summed E-state index contributed by atoms with van der Waals surface area (Å²) in [7, 11) is -3.55. The van der Waals surface area contributed by atoms with E-state index in [4.69, 9.17) is 16.1 Å². The van der Waals surface area contributed by atoms with Crippen molar-refractivity contribution in [2.45, 2.75) is 12.2 Å². The average molecular weight is 396 g/mol. The third kappa shape index (κ3) is 4.87. The quantitative estimate of drug-likeness (QED) is 0.664. The van der Waals surface area contributed by atoms with Gasteiger partial charge in [0.1, 0.15) is 5.82 Å². The average Bonchev–Trinajstić information content (AvgIpc) is 3.05. The lowest BCUT2D eigenvalue weighted by Gasteiger charge is -2.05. The van der Waals surface area contributed by atoms with Crippen LogP contribution in [0.1, 0.15) is 11.5 Å². The number of benzene rings is 2. The summed E-state index contributed by atoms with van der Waals surface area (Å²) in [6, 6.07) is 12.4. The van der Waals surface area contributed by atoms with E-state index in [9.17, 15) is 12.8 Å². The molecule has 1 N–H and O–H groups in total. The van der Waals surface area contributed by atoms with E-state index in [0.717, 1.165) is 0 Å². The van der Waals surface area contributed by atoms with Crippen LogP contribution in [0, 0.1) is 5.82 Å². The molecule has 0 aliphatic heterocycles. The van der Waals surface area contributed by atoms with Gasteiger partial charge in [-0.3, -0.25) is 0 Å². The van der Waals surface area contributed by atoms with E-state index < -0.39 is 15.8 Å². The summed E-state index contributed by atoms with van der Waals surface area (Å²) in [4.78, 5) is 4.22. The van der Waals surface area contributed by atoms with Crippen LogP contribution < -0.4 is 4.72 Å². The smallest absolute Gasteiger partial charge is 0.228 e. The van der Waals surface area contributed by atoms with Crippen LogP contribution >= 0.6 is 11.6 Å². The number of aromatic nitrogens is 2. The van der Waals surface area contributed by atoms with Gasteiger partial charge >= 0.3 is 0 Å². The van der Waals surface area contributed by atoms with Crippen molar-refractivity contribution < 1.29 is 17.3 Å². The number of halogens is 2. The Labute approximate surface area is 155 Å². The van der Waals surface area contributed by atoms with Crippen molar-refractivity contribution in [3.05, 3.63) is 70.8 Å². The third-order valence-corrected chi connectivity index (χ3v) is 5.20. The van der Waals surface area contributed by atoms with Gasteiger partial charge < -0.3 is 4.52 Å². The van der Waals surface area contributed by atoms with Gasteiger partial charge in [-0.2, -0.15) is 4.98 Å². The number of nitrogens with zero attached hydrogens (tertiary/aromatic N) is 2. The molecule has 0 fully saturated rings. The predicted molar refractivity (Wildman–Crippen MR) is 95.5 cm³/mol. The van der Waals surface area contributed by atoms with Crippen LogP contribution in [0.25, 0.3) is 11.4 Å². The van der Waals surface area contributed by atoms with Crippen LogP contribution in [0.15, 0.2) is 53.1 Å². The summed E-state index contributed by atoms with van der Waals surface area (Å²) >= 11 is 6.08. The summed E-state index contributed by atoms with van der Waals surface area (Å²) in [5.74, 6) is -0.00359. The molecule has 0 bridgehead atoms. The molecule has 2 aromatic carbocycles. The lowest BCUT2D eigenvalue weighted by Crippen LogP contribution is -2.27. The van der Waals surface area contributed by atoms with Crippen LogP contribution in [-0.2, 0) is 22.2 Å². The van der Waals surface area contributed by atoms with E-state index in [-0.39, 0.29) is 18.7 Å². The number of sulfonamides is 1. The van der Waals surface area contributed by atoms with Gasteiger partial charge in [0.15, 0.2) is 0 Å². The highest BCUT2D eigenvalue weighted by Gasteiger charge is 2.14. The van der Waals surface area contributed by atoms with Gasteiger partial charge in [0.2, 0.25) is 21.7 Å². The second-order valence-corrected chi connectivity index (χ2v) is 7.74. The van der Waals surface area contributed by atoms with Gasteiger partial charge in [0.05, 0.1) is 10.8 Å². The Morgan fingerprint density at radius 1 is 1.12 bits per heavy atom. The molecular weight excluding hydrogens is 381 g/mol. The monoisotopic (exact) mass is 395 g/mol. The molecule has 0 radical (unpaired) electrons. The molecule has 0 saturated heterocycles. The van der Waals surface area contributed by atoms with E-state index in [2.05, 4.69) is 14.9 Å². The second kappa shape index (κ2) is 7.94. The molecule has 0 aliphatic rings. The predicted octanol–water partition coefficient (Wildman–Crippen LogP) is 3.19. The van der Waals surface area contributed by atoms with E-state index in [1.807, 2.05) is 0 Å². The fourth-order valence-corrected chi connectivity index (χ4v) is 3.64. The Kier molecular flexibility index (Phi) is 5.65. The maximum absolute atomic E-state index is 12.9. The molecule has 0 spiro atoms. The highest BCUT2D eigenvalue weighted by atomic mass is 35.5. The summed E-state index contributed by atoms with van der Waals surface area (Å²) < 4.78 is 44.6. The topological polar surface area (TPSA) is 85.1 Å². The van der Waals surface area contributed by atoms with Crippen LogP contribution in [0.4, 0.5) is 4.39 Å². The zero-order chi connectivity index (χ0) is 18.6. The Morgan fingerprint density at radius 3 is 2.58 bits per heavy atom. The van der Waals surface area contributed by atoms with Crippen molar-refractivity contribution in [3.63, 3.8) is 0 Å². The molecule has 6 nitrogen and oxygen atoms in total. The Balaban J connectivity index is 1.56. The normalized spacial score (nSPS) is 11.6. The van der Waals surface area contributed by atoms with Crippen molar-refractivity contribution in [2.24, 2.45) is 0 Å². The van der Waals surface area contributed by atoms with Crippen LogP contribution in [0.2, 0.25) is 5.02 Å². The molecule has 1 aromatic heterocycles. The second-order valence-electron chi connectivity index (χ2n) is 5.52. The summed E-state index contributed by atoms with van der Waals surface area (Å²) in [6.45, 7) is 0.105. The first-order valence-electron chi connectivity index (χ1n) is 7.72.